The molecule has 0 atom stereocenters. The third-order valence-corrected chi connectivity index (χ3v) is 6.38. The highest BCUT2D eigenvalue weighted by Crippen LogP contribution is 2.26. The van der Waals surface area contributed by atoms with Crippen molar-refractivity contribution in [2.45, 2.75) is 11.3 Å². The van der Waals surface area contributed by atoms with Crippen LogP contribution in [0.5, 0.6) is 5.75 Å². The molecule has 1 aromatic carbocycles. The summed E-state index contributed by atoms with van der Waals surface area (Å²) in [5.74, 6) is 0.0943. The van der Waals surface area contributed by atoms with Crippen molar-refractivity contribution < 1.29 is 26.3 Å². The molecule has 2 aromatic heterocycles. The number of anilines is 1. The van der Waals surface area contributed by atoms with E-state index in [2.05, 4.69) is 24.7 Å². The molecule has 30 heavy (non-hydrogen) atoms. The molecule has 4 rings (SSSR count). The molecule has 3 heterocycles. The fourth-order valence-corrected chi connectivity index (χ4v) is 4.45. The first-order chi connectivity index (χ1) is 14.2. The second-order valence-electron chi connectivity index (χ2n) is 6.37. The number of ether oxygens (including phenoxy) is 1. The lowest BCUT2D eigenvalue weighted by atomic mass is 10.3. The first-order valence-corrected chi connectivity index (χ1v) is 10.2. The second-order valence-corrected chi connectivity index (χ2v) is 8.31. The van der Waals surface area contributed by atoms with Gasteiger partial charge < -0.3 is 9.64 Å². The highest BCUT2D eigenvalue weighted by molar-refractivity contribution is 7.89. The monoisotopic (exact) mass is 440 g/mol. The number of hydrogen-bond acceptors (Lipinski definition) is 8. The third kappa shape index (κ3) is 4.26. The summed E-state index contributed by atoms with van der Waals surface area (Å²) in [7, 11) is -3.85. The molecule has 1 aliphatic rings. The molecule has 3 aromatic rings. The lowest BCUT2D eigenvalue weighted by molar-refractivity contribution is -0.274. The number of nitrogens with zero attached hydrogens (tertiary/aromatic N) is 6. The van der Waals surface area contributed by atoms with E-state index < -0.39 is 22.1 Å². The molecule has 0 N–H and O–H groups in total. The van der Waals surface area contributed by atoms with E-state index in [1.54, 1.807) is 12.4 Å². The van der Waals surface area contributed by atoms with Gasteiger partial charge >= 0.3 is 6.36 Å². The molecule has 1 fully saturated rings. The van der Waals surface area contributed by atoms with Gasteiger partial charge in [0, 0.05) is 26.2 Å². The minimum absolute atomic E-state index is 0.104. The van der Waals surface area contributed by atoms with Gasteiger partial charge in [0.15, 0.2) is 5.65 Å². The summed E-state index contributed by atoms with van der Waals surface area (Å²) in [6.07, 6.45) is -0.339. The molecular weight excluding hydrogens is 425 g/mol. The number of fused-ring (bicyclic) bond motifs is 1. The van der Waals surface area contributed by atoms with Crippen molar-refractivity contribution >= 4 is 27.0 Å². The molecular formula is C17H15F3N6O3S. The van der Waals surface area contributed by atoms with Gasteiger partial charge in [0.25, 0.3) is 0 Å². The van der Waals surface area contributed by atoms with Crippen LogP contribution in [0.3, 0.4) is 0 Å². The Kier molecular flexibility index (Phi) is 5.15. The maximum Gasteiger partial charge on any atom is 0.573 e. The Bertz CT molecular complexity index is 1150. The highest BCUT2D eigenvalue weighted by atomic mass is 32.2. The molecule has 1 saturated heterocycles. The third-order valence-electron chi connectivity index (χ3n) is 4.47. The number of alkyl halides is 3. The molecule has 0 spiro atoms. The van der Waals surface area contributed by atoms with Crippen LogP contribution in [-0.2, 0) is 10.0 Å². The first-order valence-electron chi connectivity index (χ1n) is 8.76. The second kappa shape index (κ2) is 7.65. The zero-order chi connectivity index (χ0) is 21.4. The quantitative estimate of drug-likeness (QED) is 0.606. The van der Waals surface area contributed by atoms with Gasteiger partial charge in [-0.15, -0.1) is 13.2 Å². The van der Waals surface area contributed by atoms with E-state index in [1.165, 1.54) is 10.6 Å². The first kappa shape index (κ1) is 20.2. The summed E-state index contributed by atoms with van der Waals surface area (Å²) in [6, 6.07) is 4.14. The Morgan fingerprint density at radius 2 is 1.67 bits per heavy atom. The van der Waals surface area contributed by atoms with Gasteiger partial charge in [0.1, 0.15) is 23.4 Å². The maximum absolute atomic E-state index is 12.8. The molecule has 9 nitrogen and oxygen atoms in total. The zero-order valence-corrected chi connectivity index (χ0v) is 16.1. The lowest BCUT2D eigenvalue weighted by Crippen LogP contribution is -2.48. The molecule has 0 bridgehead atoms. The summed E-state index contributed by atoms with van der Waals surface area (Å²) >= 11 is 0. The van der Waals surface area contributed by atoms with Crippen LogP contribution >= 0.6 is 0 Å². The van der Waals surface area contributed by atoms with Crippen LogP contribution in [0.15, 0.2) is 47.9 Å². The summed E-state index contributed by atoms with van der Waals surface area (Å²) in [6.45, 7) is 1.12. The van der Waals surface area contributed by atoms with Crippen LogP contribution in [0.1, 0.15) is 0 Å². The van der Waals surface area contributed by atoms with Crippen LogP contribution in [-0.4, -0.2) is 65.2 Å². The van der Waals surface area contributed by atoms with E-state index in [1.807, 2.05) is 4.90 Å². The summed E-state index contributed by atoms with van der Waals surface area (Å²) < 4.78 is 67.4. The van der Waals surface area contributed by atoms with Gasteiger partial charge in [-0.05, 0) is 24.3 Å². The molecule has 0 aliphatic carbocycles. The normalized spacial score (nSPS) is 16.0. The van der Waals surface area contributed by atoms with E-state index in [-0.39, 0.29) is 18.0 Å². The van der Waals surface area contributed by atoms with Crippen molar-refractivity contribution in [2.24, 2.45) is 0 Å². The summed E-state index contributed by atoms with van der Waals surface area (Å²) in [5.41, 5.74) is 0.999. The van der Waals surface area contributed by atoms with Crippen molar-refractivity contribution in [3.05, 3.63) is 43.0 Å². The van der Waals surface area contributed by atoms with Gasteiger partial charge in [0.2, 0.25) is 10.0 Å². The van der Waals surface area contributed by atoms with Gasteiger partial charge in [-0.1, -0.05) is 0 Å². The largest absolute Gasteiger partial charge is 0.573 e. The smallest absolute Gasteiger partial charge is 0.406 e. The van der Waals surface area contributed by atoms with Crippen LogP contribution in [0.2, 0.25) is 0 Å². The fraction of sp³-hybridized carbons (Fsp3) is 0.294. The molecule has 0 amide bonds. The van der Waals surface area contributed by atoms with E-state index in [9.17, 15) is 21.6 Å². The molecule has 1 aliphatic heterocycles. The van der Waals surface area contributed by atoms with Gasteiger partial charge in [-0.3, -0.25) is 0 Å². The Hall–Kier alpha value is -3.06. The number of rotatable bonds is 4. The molecule has 0 saturated carbocycles. The SMILES string of the molecule is O=S(=O)(c1ccc(OC(F)(F)F)cc1)N1CCN(c2cnc3cncnc3n2)CC1. The summed E-state index contributed by atoms with van der Waals surface area (Å²) in [5, 5.41) is 0. The van der Waals surface area contributed by atoms with Crippen molar-refractivity contribution in [3.8, 4) is 5.75 Å². The van der Waals surface area contributed by atoms with Crippen molar-refractivity contribution in [3.63, 3.8) is 0 Å². The average Bonchev–Trinajstić information content (AvgIpc) is 2.73. The molecule has 0 radical (unpaired) electrons. The van der Waals surface area contributed by atoms with Crippen LogP contribution in [0, 0.1) is 0 Å². The van der Waals surface area contributed by atoms with Crippen molar-refractivity contribution in [1.29, 1.82) is 0 Å². The van der Waals surface area contributed by atoms with Crippen LogP contribution < -0.4 is 9.64 Å². The van der Waals surface area contributed by atoms with Gasteiger partial charge in [-0.25, -0.2) is 28.4 Å². The standard InChI is InChI=1S/C17H15F3N6O3S/c18-17(19,20)29-12-1-3-13(4-2-12)30(27,28)26-7-5-25(6-8-26)15-10-22-14-9-21-11-23-16(14)24-15/h1-4,9-11H,5-8H2. The van der Waals surface area contributed by atoms with E-state index >= 15 is 0 Å². The average molecular weight is 440 g/mol. The highest BCUT2D eigenvalue weighted by Gasteiger charge is 2.32. The Balaban J connectivity index is 1.44. The van der Waals surface area contributed by atoms with Gasteiger partial charge in [0.05, 0.1) is 17.3 Å². The number of sulfonamides is 1. The minimum atomic E-state index is -4.84. The Morgan fingerprint density at radius 3 is 2.33 bits per heavy atom. The Labute approximate surface area is 169 Å². The summed E-state index contributed by atoms with van der Waals surface area (Å²) in [4.78, 5) is 18.4. The topological polar surface area (TPSA) is 101 Å². The lowest BCUT2D eigenvalue weighted by Gasteiger charge is -2.34. The number of piperazine rings is 1. The Morgan fingerprint density at radius 1 is 0.967 bits per heavy atom. The number of hydrogen-bond donors (Lipinski definition) is 0. The zero-order valence-electron chi connectivity index (χ0n) is 15.3. The molecule has 13 heteroatoms. The predicted octanol–water partition coefficient (Wildman–Crippen LogP) is 1.83. The van der Waals surface area contributed by atoms with Gasteiger partial charge in [-0.2, -0.15) is 4.31 Å². The van der Waals surface area contributed by atoms with Crippen molar-refractivity contribution in [2.75, 3.05) is 31.1 Å². The maximum atomic E-state index is 12.8. The minimum Gasteiger partial charge on any atom is -0.406 e. The number of benzene rings is 1. The predicted molar refractivity (Wildman–Crippen MR) is 99.2 cm³/mol. The molecule has 0 unspecified atom stereocenters. The van der Waals surface area contributed by atoms with Crippen LogP contribution in [0.25, 0.3) is 11.2 Å². The van der Waals surface area contributed by atoms with Crippen molar-refractivity contribution in [1.82, 2.24) is 24.2 Å². The van der Waals surface area contributed by atoms with E-state index in [0.29, 0.717) is 30.1 Å². The van der Waals surface area contributed by atoms with E-state index in [0.717, 1.165) is 24.3 Å². The van der Waals surface area contributed by atoms with E-state index in [4.69, 9.17) is 0 Å². The number of aromatic nitrogens is 4. The fourth-order valence-electron chi connectivity index (χ4n) is 3.03. The van der Waals surface area contributed by atoms with Crippen LogP contribution in [0.4, 0.5) is 19.0 Å². The number of halogens is 3. The molecule has 158 valence electrons.